The van der Waals surface area contributed by atoms with Gasteiger partial charge in [0, 0.05) is 58.9 Å². The van der Waals surface area contributed by atoms with Gasteiger partial charge in [-0.25, -0.2) is 15.0 Å². The number of para-hydroxylation sites is 2. The molecule has 0 N–H and O–H groups in total. The van der Waals surface area contributed by atoms with Gasteiger partial charge in [-0.15, -0.1) is 11.3 Å². The zero-order chi connectivity index (χ0) is 37.0. The second-order valence-corrected chi connectivity index (χ2v) is 15.4. The van der Waals surface area contributed by atoms with E-state index in [-0.39, 0.29) is 0 Å². The van der Waals surface area contributed by atoms with Crippen LogP contribution in [0, 0.1) is 0 Å². The van der Waals surface area contributed by atoms with E-state index in [1.54, 1.807) is 0 Å². The first-order valence-corrected chi connectivity index (χ1v) is 19.9. The zero-order valence-corrected chi connectivity index (χ0v) is 31.2. The monoisotopic (exact) mass is 734 g/mol. The smallest absolute Gasteiger partial charge is 0.164 e. The molecule has 3 aromatic heterocycles. The Labute approximate surface area is 328 Å². The first-order valence-electron chi connectivity index (χ1n) is 19.1. The molecule has 0 aliphatic heterocycles. The van der Waals surface area contributed by atoms with Crippen molar-refractivity contribution in [1.29, 1.82) is 0 Å². The van der Waals surface area contributed by atoms with Gasteiger partial charge in [0.1, 0.15) is 0 Å². The molecule has 5 heteroatoms. The van der Waals surface area contributed by atoms with Crippen LogP contribution >= 0.6 is 11.3 Å². The number of hydrogen-bond acceptors (Lipinski definition) is 4. The number of thiophene rings is 1. The standard InChI is InChI=1S/C51H34N4S/c1-5-15-33(16-6-1)38-30-42(34-17-7-2-8-18-34)48-44(31-38)43-29-36(26-28-47(43)56-48)50-52-49(35-19-9-3-10-20-35)53-51(54-50)37-25-27-41-40-23-13-14-24-45(40)55(46(41)32-37)39-21-11-4-12-22-39/h2-5,7-32H,1,6H2. The summed E-state index contributed by atoms with van der Waals surface area (Å²) in [7, 11) is 0. The van der Waals surface area contributed by atoms with Crippen molar-refractivity contribution < 1.29 is 0 Å². The normalized spacial score (nSPS) is 12.9. The van der Waals surface area contributed by atoms with Crippen LogP contribution in [0.25, 0.3) is 98.5 Å². The first-order chi connectivity index (χ1) is 27.7. The second-order valence-electron chi connectivity index (χ2n) is 14.3. The molecule has 264 valence electrons. The Bertz CT molecular complexity index is 3170. The van der Waals surface area contributed by atoms with Crippen LogP contribution in [0.3, 0.4) is 0 Å². The Hall–Kier alpha value is -6.95. The minimum atomic E-state index is 0.639. The number of allylic oxidation sites excluding steroid dienone is 4. The molecule has 0 atom stereocenters. The molecule has 0 saturated carbocycles. The molecule has 0 radical (unpaired) electrons. The molecule has 0 amide bonds. The van der Waals surface area contributed by atoms with E-state index < -0.39 is 0 Å². The van der Waals surface area contributed by atoms with Gasteiger partial charge in [0.25, 0.3) is 0 Å². The van der Waals surface area contributed by atoms with Crippen molar-refractivity contribution in [3.8, 4) is 51.0 Å². The third-order valence-electron chi connectivity index (χ3n) is 10.9. The maximum absolute atomic E-state index is 5.24. The fourth-order valence-electron chi connectivity index (χ4n) is 8.16. The molecular formula is C51H34N4S. The summed E-state index contributed by atoms with van der Waals surface area (Å²) in [6.07, 6.45) is 9.07. The highest BCUT2D eigenvalue weighted by Crippen LogP contribution is 2.44. The maximum atomic E-state index is 5.24. The van der Waals surface area contributed by atoms with Crippen molar-refractivity contribution in [3.05, 3.63) is 188 Å². The van der Waals surface area contributed by atoms with E-state index >= 15 is 0 Å². The number of benzene rings is 7. The second kappa shape index (κ2) is 13.4. The van der Waals surface area contributed by atoms with Crippen molar-refractivity contribution in [2.75, 3.05) is 0 Å². The van der Waals surface area contributed by atoms with E-state index in [0.717, 1.165) is 46.3 Å². The zero-order valence-electron chi connectivity index (χ0n) is 30.4. The SMILES string of the molecule is C1=CC(c2cc(-c3ccccc3)c3sc4ccc(-c5nc(-c6ccccc6)nc(-c6ccc7c8ccccc8n(-c8ccccc8)c7c6)n5)cc4c3c2)=CCC1. The summed E-state index contributed by atoms with van der Waals surface area (Å²) in [5, 5.41) is 4.86. The minimum absolute atomic E-state index is 0.639. The highest BCUT2D eigenvalue weighted by atomic mass is 32.1. The Balaban J connectivity index is 1.12. The molecule has 0 saturated heterocycles. The topological polar surface area (TPSA) is 43.6 Å². The van der Waals surface area contributed by atoms with Gasteiger partial charge in [0.05, 0.1) is 11.0 Å². The highest BCUT2D eigenvalue weighted by molar-refractivity contribution is 7.26. The lowest BCUT2D eigenvalue weighted by Gasteiger charge is -2.12. The van der Waals surface area contributed by atoms with Gasteiger partial charge in [-0.1, -0.05) is 127 Å². The van der Waals surface area contributed by atoms with Gasteiger partial charge < -0.3 is 4.57 Å². The maximum Gasteiger partial charge on any atom is 0.164 e. The number of fused-ring (bicyclic) bond motifs is 6. The van der Waals surface area contributed by atoms with Crippen LogP contribution in [0.2, 0.25) is 0 Å². The molecule has 0 unspecified atom stereocenters. The Kier molecular flexibility index (Phi) is 7.78. The number of nitrogens with zero attached hydrogens (tertiary/aromatic N) is 4. The average Bonchev–Trinajstić information content (AvgIpc) is 3.82. The third-order valence-corrected chi connectivity index (χ3v) is 12.1. The molecule has 0 fully saturated rings. The van der Waals surface area contributed by atoms with Gasteiger partial charge in [0.15, 0.2) is 17.5 Å². The molecular weight excluding hydrogens is 701 g/mol. The molecule has 7 aromatic carbocycles. The van der Waals surface area contributed by atoms with Crippen LogP contribution in [0.5, 0.6) is 0 Å². The molecule has 11 rings (SSSR count). The molecule has 3 heterocycles. The molecule has 1 aliphatic carbocycles. The predicted octanol–water partition coefficient (Wildman–Crippen LogP) is 13.7. The summed E-state index contributed by atoms with van der Waals surface area (Å²) < 4.78 is 4.86. The molecule has 10 aromatic rings. The lowest BCUT2D eigenvalue weighted by molar-refractivity contribution is 1.04. The number of aromatic nitrogens is 4. The van der Waals surface area contributed by atoms with E-state index in [0.29, 0.717) is 17.5 Å². The fourth-order valence-corrected chi connectivity index (χ4v) is 9.36. The minimum Gasteiger partial charge on any atom is -0.309 e. The third kappa shape index (κ3) is 5.55. The molecule has 4 nitrogen and oxygen atoms in total. The van der Waals surface area contributed by atoms with Crippen molar-refractivity contribution >= 4 is 58.9 Å². The summed E-state index contributed by atoms with van der Waals surface area (Å²) in [6, 6.07) is 58.2. The van der Waals surface area contributed by atoms with Gasteiger partial charge in [-0.3, -0.25) is 0 Å². The number of rotatable bonds is 6. The summed E-state index contributed by atoms with van der Waals surface area (Å²) in [6.45, 7) is 0. The average molecular weight is 735 g/mol. The summed E-state index contributed by atoms with van der Waals surface area (Å²) in [4.78, 5) is 15.5. The van der Waals surface area contributed by atoms with Crippen LogP contribution in [0.15, 0.2) is 182 Å². The van der Waals surface area contributed by atoms with Crippen LogP contribution in [-0.4, -0.2) is 19.5 Å². The molecule has 0 bridgehead atoms. The highest BCUT2D eigenvalue weighted by Gasteiger charge is 2.19. The van der Waals surface area contributed by atoms with Crippen molar-refractivity contribution in [3.63, 3.8) is 0 Å². The summed E-state index contributed by atoms with van der Waals surface area (Å²) >= 11 is 1.85. The van der Waals surface area contributed by atoms with E-state index in [4.69, 9.17) is 15.0 Å². The molecule has 56 heavy (non-hydrogen) atoms. The van der Waals surface area contributed by atoms with Crippen LogP contribution in [0.1, 0.15) is 18.4 Å². The lowest BCUT2D eigenvalue weighted by Crippen LogP contribution is -2.00. The fraction of sp³-hybridized carbons (Fsp3) is 0.0392. The van der Waals surface area contributed by atoms with Gasteiger partial charge in [-0.2, -0.15) is 0 Å². The Morgan fingerprint density at radius 3 is 1.82 bits per heavy atom. The van der Waals surface area contributed by atoms with Gasteiger partial charge in [-0.05, 0) is 84.1 Å². The predicted molar refractivity (Wildman–Crippen MR) is 235 cm³/mol. The van der Waals surface area contributed by atoms with Crippen LogP contribution in [0.4, 0.5) is 0 Å². The van der Waals surface area contributed by atoms with Crippen molar-refractivity contribution in [2.24, 2.45) is 0 Å². The summed E-state index contributed by atoms with van der Waals surface area (Å²) in [5.74, 6) is 1.94. The molecule has 1 aliphatic rings. The molecule has 0 spiro atoms. The van der Waals surface area contributed by atoms with Crippen LogP contribution in [-0.2, 0) is 0 Å². The van der Waals surface area contributed by atoms with E-state index in [1.807, 2.05) is 29.5 Å². The Morgan fingerprint density at radius 2 is 1.07 bits per heavy atom. The first kappa shape index (κ1) is 32.5. The van der Waals surface area contributed by atoms with Gasteiger partial charge in [0.2, 0.25) is 0 Å². The lowest BCUT2D eigenvalue weighted by atomic mass is 9.93. The van der Waals surface area contributed by atoms with E-state index in [1.165, 1.54) is 53.2 Å². The van der Waals surface area contributed by atoms with Gasteiger partial charge >= 0.3 is 0 Å². The Morgan fingerprint density at radius 1 is 0.446 bits per heavy atom. The van der Waals surface area contributed by atoms with Crippen LogP contribution < -0.4 is 0 Å². The van der Waals surface area contributed by atoms with Crippen molar-refractivity contribution in [2.45, 2.75) is 12.8 Å². The largest absolute Gasteiger partial charge is 0.309 e. The van der Waals surface area contributed by atoms with E-state index in [2.05, 4.69) is 168 Å². The van der Waals surface area contributed by atoms with Crippen molar-refractivity contribution in [1.82, 2.24) is 19.5 Å². The number of hydrogen-bond donors (Lipinski definition) is 0. The van der Waals surface area contributed by atoms with E-state index in [9.17, 15) is 0 Å². The quantitative estimate of drug-likeness (QED) is 0.171. The summed E-state index contributed by atoms with van der Waals surface area (Å²) in [5.41, 5.74) is 11.2.